The normalized spacial score (nSPS) is 18.8. The highest BCUT2D eigenvalue weighted by atomic mass is 19.1. The van der Waals surface area contributed by atoms with Gasteiger partial charge in [0, 0.05) is 58.3 Å². The van der Waals surface area contributed by atoms with E-state index in [2.05, 4.69) is 5.32 Å². The largest absolute Gasteiger partial charge is 0.497 e. The molecule has 0 bridgehead atoms. The summed E-state index contributed by atoms with van der Waals surface area (Å²) in [4.78, 5) is 27.4. The number of carbonyl (C=O) groups excluding carboxylic acids is 2. The maximum absolute atomic E-state index is 14.2. The number of nitrogens with one attached hydrogen (secondary N) is 1. The van der Waals surface area contributed by atoms with E-state index in [1.54, 1.807) is 24.1 Å². The van der Waals surface area contributed by atoms with Crippen LogP contribution in [0.25, 0.3) is 0 Å². The Morgan fingerprint density at radius 1 is 1.33 bits per heavy atom. The first-order chi connectivity index (χ1) is 11.4. The minimum atomic E-state index is -0.335. The van der Waals surface area contributed by atoms with Crippen molar-refractivity contribution in [3.05, 3.63) is 29.6 Å². The second kappa shape index (κ2) is 8.10. The van der Waals surface area contributed by atoms with Crippen molar-refractivity contribution < 1.29 is 18.7 Å². The molecule has 6 nitrogen and oxygen atoms in total. The van der Waals surface area contributed by atoms with Crippen LogP contribution in [0, 0.1) is 11.7 Å². The lowest BCUT2D eigenvalue weighted by atomic mass is 10.1. The lowest BCUT2D eigenvalue weighted by molar-refractivity contribution is -0.130. The molecule has 1 aliphatic heterocycles. The van der Waals surface area contributed by atoms with E-state index in [-0.39, 0.29) is 23.5 Å². The van der Waals surface area contributed by atoms with E-state index in [4.69, 9.17) is 4.74 Å². The average Bonchev–Trinajstić information content (AvgIpc) is 2.78. The van der Waals surface area contributed by atoms with Crippen LogP contribution < -0.4 is 10.1 Å². The summed E-state index contributed by atoms with van der Waals surface area (Å²) in [6.45, 7) is 3.87. The Balaban J connectivity index is 2.14. The summed E-state index contributed by atoms with van der Waals surface area (Å²) in [5.41, 5.74) is 0.544. The fraction of sp³-hybridized carbons (Fsp3) is 0.529. The van der Waals surface area contributed by atoms with Gasteiger partial charge >= 0.3 is 0 Å². The molecule has 1 aromatic carbocycles. The van der Waals surface area contributed by atoms with Crippen LogP contribution in [0.2, 0.25) is 0 Å². The predicted octanol–water partition coefficient (Wildman–Crippen LogP) is 0.861. The van der Waals surface area contributed by atoms with Gasteiger partial charge in [0.2, 0.25) is 11.8 Å². The van der Waals surface area contributed by atoms with Crippen LogP contribution in [0.15, 0.2) is 18.2 Å². The molecule has 2 rings (SSSR count). The number of methoxy groups -OCH3 is 1. The van der Waals surface area contributed by atoms with Crippen LogP contribution in [0.4, 0.5) is 4.39 Å². The molecule has 2 amide bonds. The minimum Gasteiger partial charge on any atom is -0.497 e. The maximum atomic E-state index is 14.2. The molecule has 1 aliphatic rings. The van der Waals surface area contributed by atoms with Gasteiger partial charge in [-0.3, -0.25) is 14.5 Å². The van der Waals surface area contributed by atoms with E-state index in [0.29, 0.717) is 44.0 Å². The number of hydrogen-bond acceptors (Lipinski definition) is 4. The zero-order chi connectivity index (χ0) is 17.7. The number of nitrogens with zero attached hydrogens (tertiary/aromatic N) is 2. The number of amides is 2. The highest BCUT2D eigenvalue weighted by Crippen LogP contribution is 2.19. The Labute approximate surface area is 141 Å². The number of ether oxygens (including phenoxy) is 1. The maximum Gasteiger partial charge on any atom is 0.225 e. The highest BCUT2D eigenvalue weighted by molar-refractivity contribution is 5.80. The van der Waals surface area contributed by atoms with Crippen molar-refractivity contribution >= 4 is 11.8 Å². The smallest absolute Gasteiger partial charge is 0.225 e. The SMILES string of the molecule is CNC(=O)C1CN(Cc2ccc(OC)cc2F)CCN(C(C)=O)C1. The van der Waals surface area contributed by atoms with Crippen LogP contribution in [0.1, 0.15) is 12.5 Å². The van der Waals surface area contributed by atoms with E-state index in [0.717, 1.165) is 0 Å². The fourth-order valence-electron chi connectivity index (χ4n) is 2.90. The summed E-state index contributed by atoms with van der Waals surface area (Å²) in [6, 6.07) is 4.76. The third-order valence-corrected chi connectivity index (χ3v) is 4.32. The number of benzene rings is 1. The standard InChI is InChI=1S/C17H24FN3O3/c1-12(22)21-7-6-20(10-14(11-21)17(23)19-2)9-13-4-5-15(24-3)8-16(13)18/h4-5,8,14H,6-7,9-11H2,1-3H3,(H,19,23). The molecule has 1 fully saturated rings. The van der Waals surface area contributed by atoms with E-state index in [1.165, 1.54) is 20.1 Å². The van der Waals surface area contributed by atoms with Gasteiger partial charge in [0.25, 0.3) is 0 Å². The summed E-state index contributed by atoms with van der Waals surface area (Å²) >= 11 is 0. The van der Waals surface area contributed by atoms with Gasteiger partial charge in [0.1, 0.15) is 11.6 Å². The second-order valence-corrected chi connectivity index (χ2v) is 5.97. The van der Waals surface area contributed by atoms with Gasteiger partial charge < -0.3 is 15.0 Å². The highest BCUT2D eigenvalue weighted by Gasteiger charge is 2.28. The number of hydrogen-bond donors (Lipinski definition) is 1. The quantitative estimate of drug-likeness (QED) is 0.885. The van der Waals surface area contributed by atoms with Crippen LogP contribution in [-0.4, -0.2) is 62.0 Å². The van der Waals surface area contributed by atoms with Crippen LogP contribution in [-0.2, 0) is 16.1 Å². The zero-order valence-electron chi connectivity index (χ0n) is 14.3. The Kier molecular flexibility index (Phi) is 6.14. The van der Waals surface area contributed by atoms with E-state index in [1.807, 2.05) is 4.90 Å². The lowest BCUT2D eigenvalue weighted by Gasteiger charge is -2.23. The number of halogens is 1. The van der Waals surface area contributed by atoms with Gasteiger partial charge in [-0.05, 0) is 6.07 Å². The van der Waals surface area contributed by atoms with Crippen molar-refractivity contribution in [2.24, 2.45) is 5.92 Å². The molecular formula is C17H24FN3O3. The van der Waals surface area contributed by atoms with E-state index in [9.17, 15) is 14.0 Å². The van der Waals surface area contributed by atoms with Crippen molar-refractivity contribution in [1.29, 1.82) is 0 Å². The molecule has 1 aromatic rings. The summed E-state index contributed by atoms with van der Waals surface area (Å²) in [7, 11) is 3.08. The Morgan fingerprint density at radius 3 is 2.67 bits per heavy atom. The summed E-state index contributed by atoms with van der Waals surface area (Å²) < 4.78 is 19.2. The van der Waals surface area contributed by atoms with Crippen molar-refractivity contribution in [3.8, 4) is 5.75 Å². The molecule has 132 valence electrons. The molecule has 1 heterocycles. The fourth-order valence-corrected chi connectivity index (χ4v) is 2.90. The first kappa shape index (κ1) is 18.2. The molecule has 0 saturated carbocycles. The van der Waals surface area contributed by atoms with Gasteiger partial charge in [0.05, 0.1) is 13.0 Å². The molecule has 0 aromatic heterocycles. The van der Waals surface area contributed by atoms with E-state index >= 15 is 0 Å². The Morgan fingerprint density at radius 2 is 2.08 bits per heavy atom. The van der Waals surface area contributed by atoms with Crippen LogP contribution >= 0.6 is 0 Å². The number of rotatable bonds is 4. The summed E-state index contributed by atoms with van der Waals surface area (Å²) in [5.74, 6) is -0.357. The van der Waals surface area contributed by atoms with Gasteiger partial charge in [0.15, 0.2) is 0 Å². The minimum absolute atomic E-state index is 0.0543. The van der Waals surface area contributed by atoms with Gasteiger partial charge in [-0.25, -0.2) is 4.39 Å². The molecule has 1 unspecified atom stereocenters. The van der Waals surface area contributed by atoms with Crippen LogP contribution in [0.3, 0.4) is 0 Å². The summed E-state index contributed by atoms with van der Waals surface area (Å²) in [6.07, 6.45) is 0. The van der Waals surface area contributed by atoms with Crippen molar-refractivity contribution in [2.75, 3.05) is 40.3 Å². The Hall–Kier alpha value is -2.15. The molecule has 1 atom stereocenters. The topological polar surface area (TPSA) is 61.9 Å². The van der Waals surface area contributed by atoms with Crippen molar-refractivity contribution in [3.63, 3.8) is 0 Å². The van der Waals surface area contributed by atoms with E-state index < -0.39 is 0 Å². The average molecular weight is 337 g/mol. The predicted molar refractivity (Wildman–Crippen MR) is 88.0 cm³/mol. The van der Waals surface area contributed by atoms with Crippen molar-refractivity contribution in [2.45, 2.75) is 13.5 Å². The third kappa shape index (κ3) is 4.44. The molecule has 0 aliphatic carbocycles. The first-order valence-corrected chi connectivity index (χ1v) is 7.96. The number of carbonyl (C=O) groups is 2. The molecule has 24 heavy (non-hydrogen) atoms. The molecule has 1 saturated heterocycles. The van der Waals surface area contributed by atoms with Gasteiger partial charge in [-0.2, -0.15) is 0 Å². The summed E-state index contributed by atoms with van der Waals surface area (Å²) in [5, 5.41) is 2.64. The van der Waals surface area contributed by atoms with Gasteiger partial charge in [-0.15, -0.1) is 0 Å². The van der Waals surface area contributed by atoms with Crippen molar-refractivity contribution in [1.82, 2.24) is 15.1 Å². The third-order valence-electron chi connectivity index (χ3n) is 4.32. The molecule has 1 N–H and O–H groups in total. The van der Waals surface area contributed by atoms with Gasteiger partial charge in [-0.1, -0.05) is 6.07 Å². The Bertz CT molecular complexity index is 609. The molecular weight excluding hydrogens is 313 g/mol. The zero-order valence-corrected chi connectivity index (χ0v) is 14.3. The monoisotopic (exact) mass is 337 g/mol. The molecule has 0 spiro atoms. The molecule has 0 radical (unpaired) electrons. The molecule has 7 heteroatoms. The first-order valence-electron chi connectivity index (χ1n) is 7.96. The second-order valence-electron chi connectivity index (χ2n) is 5.97. The lowest BCUT2D eigenvalue weighted by Crippen LogP contribution is -2.40. The van der Waals surface area contributed by atoms with Crippen LogP contribution in [0.5, 0.6) is 5.75 Å².